The average molecular weight is 240 g/mol. The molecule has 0 spiro atoms. The molecule has 1 unspecified atom stereocenters. The first kappa shape index (κ1) is 15.0. The second-order valence-corrected chi connectivity index (χ2v) is 6.17. The highest BCUT2D eigenvalue weighted by molar-refractivity contribution is 4.70. The van der Waals surface area contributed by atoms with Gasteiger partial charge in [-0.15, -0.1) is 0 Å². The van der Waals surface area contributed by atoms with Gasteiger partial charge in [0.1, 0.15) is 0 Å². The van der Waals surface area contributed by atoms with Crippen LogP contribution in [0.4, 0.5) is 0 Å². The third-order valence-corrected chi connectivity index (χ3v) is 4.46. The molecule has 2 heteroatoms. The van der Waals surface area contributed by atoms with E-state index in [1.54, 1.807) is 0 Å². The van der Waals surface area contributed by atoms with Gasteiger partial charge < -0.3 is 10.2 Å². The van der Waals surface area contributed by atoms with Crippen LogP contribution in [0.25, 0.3) is 0 Å². The van der Waals surface area contributed by atoms with Crippen LogP contribution in [-0.4, -0.2) is 37.6 Å². The molecule has 0 amide bonds. The van der Waals surface area contributed by atoms with Gasteiger partial charge in [-0.25, -0.2) is 0 Å². The second-order valence-electron chi connectivity index (χ2n) is 6.17. The molecular weight excluding hydrogens is 208 g/mol. The molecule has 1 saturated carbocycles. The van der Waals surface area contributed by atoms with E-state index in [4.69, 9.17) is 0 Å². The summed E-state index contributed by atoms with van der Waals surface area (Å²) < 4.78 is 0. The summed E-state index contributed by atoms with van der Waals surface area (Å²) in [7, 11) is 2.24. The van der Waals surface area contributed by atoms with E-state index in [0.717, 1.165) is 18.4 Å². The molecule has 102 valence electrons. The van der Waals surface area contributed by atoms with Crippen LogP contribution in [0.1, 0.15) is 52.9 Å². The van der Waals surface area contributed by atoms with E-state index in [0.29, 0.717) is 6.04 Å². The van der Waals surface area contributed by atoms with Gasteiger partial charge in [0.15, 0.2) is 0 Å². The lowest BCUT2D eigenvalue weighted by Gasteiger charge is -2.28. The smallest absolute Gasteiger partial charge is 0.0107 e. The van der Waals surface area contributed by atoms with Crippen molar-refractivity contribution < 1.29 is 0 Å². The number of likely N-dealkylation sites (N-methyl/N-ethyl adjacent to an activating group) is 1. The highest BCUT2D eigenvalue weighted by atomic mass is 15.1. The van der Waals surface area contributed by atoms with E-state index in [1.165, 1.54) is 45.2 Å². The summed E-state index contributed by atoms with van der Waals surface area (Å²) in [4.78, 5) is 2.47. The molecule has 0 aromatic heterocycles. The highest BCUT2D eigenvalue weighted by Crippen LogP contribution is 2.22. The van der Waals surface area contributed by atoms with Crippen molar-refractivity contribution >= 4 is 0 Å². The Morgan fingerprint density at radius 3 is 2.35 bits per heavy atom. The predicted octanol–water partition coefficient (Wildman–Crippen LogP) is 3.13. The molecular formula is C15H32N2. The first-order valence-electron chi connectivity index (χ1n) is 7.52. The summed E-state index contributed by atoms with van der Waals surface area (Å²) in [6, 6.07) is 0.687. The van der Waals surface area contributed by atoms with Crippen molar-refractivity contribution in [1.82, 2.24) is 10.2 Å². The first-order valence-corrected chi connectivity index (χ1v) is 7.52. The molecule has 1 N–H and O–H groups in total. The molecule has 0 radical (unpaired) electrons. The molecule has 1 aliphatic carbocycles. The number of hydrogen-bond donors (Lipinski definition) is 1. The molecule has 17 heavy (non-hydrogen) atoms. The predicted molar refractivity (Wildman–Crippen MR) is 76.4 cm³/mol. The second kappa shape index (κ2) is 8.10. The zero-order valence-corrected chi connectivity index (χ0v) is 12.3. The van der Waals surface area contributed by atoms with Crippen molar-refractivity contribution in [3.8, 4) is 0 Å². The fourth-order valence-electron chi connectivity index (χ4n) is 2.67. The molecule has 0 aromatic rings. The molecule has 0 bridgehead atoms. The van der Waals surface area contributed by atoms with Crippen LogP contribution in [0.3, 0.4) is 0 Å². The lowest BCUT2D eigenvalue weighted by Crippen LogP contribution is -2.39. The van der Waals surface area contributed by atoms with E-state index in [2.05, 4.69) is 38.0 Å². The Morgan fingerprint density at radius 1 is 1.12 bits per heavy atom. The molecule has 0 saturated heterocycles. The SMILES string of the molecule is CC(C)C(C)N(C)CCNCC1CCCCC1. The fourth-order valence-corrected chi connectivity index (χ4v) is 2.67. The molecule has 0 heterocycles. The molecule has 1 fully saturated rings. The van der Waals surface area contributed by atoms with Crippen molar-refractivity contribution in [2.24, 2.45) is 11.8 Å². The number of hydrogen-bond acceptors (Lipinski definition) is 2. The fraction of sp³-hybridized carbons (Fsp3) is 1.00. The molecule has 2 nitrogen and oxygen atoms in total. The molecule has 0 aromatic carbocycles. The summed E-state index contributed by atoms with van der Waals surface area (Å²) in [6.07, 6.45) is 7.27. The van der Waals surface area contributed by atoms with E-state index in [9.17, 15) is 0 Å². The molecule has 1 atom stereocenters. The maximum atomic E-state index is 3.64. The Balaban J connectivity index is 2.03. The summed E-state index contributed by atoms with van der Waals surface area (Å²) in [5.74, 6) is 1.70. The third kappa shape index (κ3) is 5.87. The van der Waals surface area contributed by atoms with Gasteiger partial charge in [-0.05, 0) is 45.2 Å². The highest BCUT2D eigenvalue weighted by Gasteiger charge is 2.14. The molecule has 0 aliphatic heterocycles. The van der Waals surface area contributed by atoms with Gasteiger partial charge in [0.2, 0.25) is 0 Å². The lowest BCUT2D eigenvalue weighted by atomic mass is 9.89. The Kier molecular flexibility index (Phi) is 7.14. The zero-order valence-electron chi connectivity index (χ0n) is 12.3. The van der Waals surface area contributed by atoms with Crippen molar-refractivity contribution in [2.45, 2.75) is 58.9 Å². The Morgan fingerprint density at radius 2 is 1.76 bits per heavy atom. The topological polar surface area (TPSA) is 15.3 Å². The number of nitrogens with one attached hydrogen (secondary N) is 1. The molecule has 1 rings (SSSR count). The summed E-state index contributed by atoms with van der Waals surface area (Å²) in [5.41, 5.74) is 0. The van der Waals surface area contributed by atoms with E-state index in [1.807, 2.05) is 0 Å². The number of rotatable bonds is 7. The zero-order chi connectivity index (χ0) is 12.7. The molecule has 1 aliphatic rings. The van der Waals surface area contributed by atoms with Crippen LogP contribution in [0.5, 0.6) is 0 Å². The summed E-state index contributed by atoms with van der Waals surface area (Å²) in [6.45, 7) is 10.5. The minimum absolute atomic E-state index is 0.687. The van der Waals surface area contributed by atoms with E-state index < -0.39 is 0 Å². The van der Waals surface area contributed by atoms with Crippen molar-refractivity contribution in [3.05, 3.63) is 0 Å². The average Bonchev–Trinajstić information content (AvgIpc) is 2.34. The van der Waals surface area contributed by atoms with Crippen LogP contribution in [0, 0.1) is 11.8 Å². The Hall–Kier alpha value is -0.0800. The third-order valence-electron chi connectivity index (χ3n) is 4.46. The quantitative estimate of drug-likeness (QED) is 0.688. The maximum absolute atomic E-state index is 3.64. The van der Waals surface area contributed by atoms with Gasteiger partial charge in [-0.3, -0.25) is 0 Å². The van der Waals surface area contributed by atoms with Gasteiger partial charge >= 0.3 is 0 Å². The van der Waals surface area contributed by atoms with Crippen LogP contribution in [-0.2, 0) is 0 Å². The monoisotopic (exact) mass is 240 g/mol. The maximum Gasteiger partial charge on any atom is 0.0107 e. The largest absolute Gasteiger partial charge is 0.315 e. The Bertz CT molecular complexity index is 185. The van der Waals surface area contributed by atoms with Crippen LogP contribution >= 0.6 is 0 Å². The van der Waals surface area contributed by atoms with E-state index in [-0.39, 0.29) is 0 Å². The van der Waals surface area contributed by atoms with Gasteiger partial charge in [0, 0.05) is 19.1 Å². The Labute approximate surface area is 108 Å². The normalized spacial score (nSPS) is 20.1. The number of nitrogens with zero attached hydrogens (tertiary/aromatic N) is 1. The van der Waals surface area contributed by atoms with Gasteiger partial charge in [-0.1, -0.05) is 33.1 Å². The van der Waals surface area contributed by atoms with Gasteiger partial charge in [0.05, 0.1) is 0 Å². The van der Waals surface area contributed by atoms with E-state index >= 15 is 0 Å². The minimum Gasteiger partial charge on any atom is -0.315 e. The van der Waals surface area contributed by atoms with Gasteiger partial charge in [-0.2, -0.15) is 0 Å². The van der Waals surface area contributed by atoms with Crippen molar-refractivity contribution in [1.29, 1.82) is 0 Å². The summed E-state index contributed by atoms with van der Waals surface area (Å²) in [5, 5.41) is 3.64. The minimum atomic E-state index is 0.687. The van der Waals surface area contributed by atoms with Gasteiger partial charge in [0.25, 0.3) is 0 Å². The lowest BCUT2D eigenvalue weighted by molar-refractivity contribution is 0.206. The van der Waals surface area contributed by atoms with Crippen LogP contribution in [0.2, 0.25) is 0 Å². The van der Waals surface area contributed by atoms with Crippen LogP contribution < -0.4 is 5.32 Å². The standard InChI is InChI=1S/C15H32N2/c1-13(2)14(3)17(4)11-10-16-12-15-8-6-5-7-9-15/h13-16H,5-12H2,1-4H3. The van der Waals surface area contributed by atoms with Crippen molar-refractivity contribution in [3.63, 3.8) is 0 Å². The first-order chi connectivity index (χ1) is 8.11. The van der Waals surface area contributed by atoms with Crippen molar-refractivity contribution in [2.75, 3.05) is 26.7 Å². The van der Waals surface area contributed by atoms with Crippen LogP contribution in [0.15, 0.2) is 0 Å². The summed E-state index contributed by atoms with van der Waals surface area (Å²) >= 11 is 0.